The maximum Gasteiger partial charge on any atom is 0.343 e. The highest BCUT2D eigenvalue weighted by Crippen LogP contribution is 2.29. The van der Waals surface area contributed by atoms with Gasteiger partial charge in [0.2, 0.25) is 0 Å². The lowest BCUT2D eigenvalue weighted by atomic mass is 10.1. The van der Waals surface area contributed by atoms with E-state index >= 15 is 0 Å². The lowest BCUT2D eigenvalue weighted by Gasteiger charge is -2.11. The first-order chi connectivity index (χ1) is 20.2. The summed E-state index contributed by atoms with van der Waals surface area (Å²) in [6.07, 6.45) is 1.39. The van der Waals surface area contributed by atoms with Gasteiger partial charge in [0, 0.05) is 17.7 Å². The number of hydrazone groups is 1. The predicted molar refractivity (Wildman–Crippen MR) is 156 cm³/mol. The van der Waals surface area contributed by atoms with Crippen LogP contribution in [-0.2, 0) is 0 Å². The van der Waals surface area contributed by atoms with Crippen LogP contribution in [0.25, 0.3) is 0 Å². The molecule has 42 heavy (non-hydrogen) atoms. The van der Waals surface area contributed by atoms with Crippen LogP contribution in [0.3, 0.4) is 0 Å². The molecule has 0 aliphatic carbocycles. The van der Waals surface area contributed by atoms with Gasteiger partial charge in [0.05, 0.1) is 34.6 Å². The fraction of sp³-hybridized carbons (Fsp3) is 0.0968. The number of rotatable bonds is 10. The molecule has 0 unspecified atom stereocenters. The number of nitrogens with one attached hydrogen (secondary N) is 2. The summed E-state index contributed by atoms with van der Waals surface area (Å²) in [7, 11) is 0. The van der Waals surface area contributed by atoms with Crippen molar-refractivity contribution in [1.29, 1.82) is 0 Å². The molecule has 0 atom stereocenters. The molecule has 0 bridgehead atoms. The van der Waals surface area contributed by atoms with E-state index in [0.29, 0.717) is 23.5 Å². The molecule has 0 heterocycles. The predicted octanol–water partition coefficient (Wildman–Crippen LogP) is 5.54. The van der Waals surface area contributed by atoms with Crippen molar-refractivity contribution in [3.05, 3.63) is 129 Å². The van der Waals surface area contributed by atoms with E-state index in [1.54, 1.807) is 55.5 Å². The van der Waals surface area contributed by atoms with Gasteiger partial charge in [-0.25, -0.2) is 10.2 Å². The smallest absolute Gasteiger partial charge is 0.343 e. The summed E-state index contributed by atoms with van der Waals surface area (Å²) in [5, 5.41) is 17.5. The number of nitro groups is 1. The van der Waals surface area contributed by atoms with Gasteiger partial charge in [-0.05, 0) is 74.0 Å². The van der Waals surface area contributed by atoms with Crippen LogP contribution in [0.4, 0.5) is 11.4 Å². The number of non-ortho nitro benzene ring substituents is 1. The number of hydrogen-bond acceptors (Lipinski definition) is 8. The van der Waals surface area contributed by atoms with E-state index in [4.69, 9.17) is 9.47 Å². The molecule has 2 amide bonds. The molecule has 0 saturated heterocycles. The van der Waals surface area contributed by atoms with Crippen molar-refractivity contribution < 1.29 is 28.8 Å². The zero-order chi connectivity index (χ0) is 30.1. The molecule has 4 aromatic carbocycles. The van der Waals surface area contributed by atoms with Crippen LogP contribution in [0.15, 0.2) is 96.1 Å². The first-order valence-corrected chi connectivity index (χ1v) is 12.8. The Morgan fingerprint density at radius 3 is 2.26 bits per heavy atom. The normalized spacial score (nSPS) is 10.6. The number of aryl methyl sites for hydroxylation is 1. The number of amides is 2. The molecule has 4 rings (SSSR count). The first-order valence-electron chi connectivity index (χ1n) is 12.8. The second-order valence-corrected chi connectivity index (χ2v) is 8.90. The number of anilines is 1. The quantitative estimate of drug-likeness (QED) is 0.0842. The number of ether oxygens (including phenoxy) is 2. The van der Waals surface area contributed by atoms with Gasteiger partial charge >= 0.3 is 5.97 Å². The summed E-state index contributed by atoms with van der Waals surface area (Å²) in [5.74, 6) is -1.09. The molecule has 0 spiro atoms. The topological polar surface area (TPSA) is 149 Å². The Kier molecular flexibility index (Phi) is 9.36. The molecule has 11 nitrogen and oxygen atoms in total. The van der Waals surface area contributed by atoms with Crippen LogP contribution in [0, 0.1) is 17.0 Å². The summed E-state index contributed by atoms with van der Waals surface area (Å²) in [4.78, 5) is 48.4. The zero-order valence-corrected chi connectivity index (χ0v) is 22.7. The number of para-hydroxylation sites is 1. The van der Waals surface area contributed by atoms with Crippen LogP contribution in [-0.4, -0.2) is 35.5 Å². The van der Waals surface area contributed by atoms with Crippen molar-refractivity contribution in [3.8, 4) is 11.5 Å². The Bertz CT molecular complexity index is 1650. The Morgan fingerprint density at radius 2 is 1.57 bits per heavy atom. The number of carbonyl (C=O) groups excluding carboxylic acids is 3. The zero-order valence-electron chi connectivity index (χ0n) is 22.7. The molecule has 212 valence electrons. The average molecular weight is 567 g/mol. The second-order valence-electron chi connectivity index (χ2n) is 8.90. The monoisotopic (exact) mass is 566 g/mol. The highest BCUT2D eigenvalue weighted by atomic mass is 16.6. The van der Waals surface area contributed by atoms with Gasteiger partial charge in [-0.2, -0.15) is 5.10 Å². The molecule has 0 aromatic heterocycles. The molecule has 2 N–H and O–H groups in total. The highest BCUT2D eigenvalue weighted by molar-refractivity contribution is 6.09. The molecular weight excluding hydrogens is 540 g/mol. The summed E-state index contributed by atoms with van der Waals surface area (Å²) in [5.41, 5.74) is 4.83. The molecule has 4 aromatic rings. The third-order valence-corrected chi connectivity index (χ3v) is 5.90. The Labute approximate surface area is 240 Å². The van der Waals surface area contributed by atoms with Crippen molar-refractivity contribution in [1.82, 2.24) is 5.43 Å². The number of esters is 1. The van der Waals surface area contributed by atoms with E-state index in [1.165, 1.54) is 36.5 Å². The van der Waals surface area contributed by atoms with Crippen LogP contribution in [0.2, 0.25) is 0 Å². The van der Waals surface area contributed by atoms with E-state index in [9.17, 15) is 24.5 Å². The van der Waals surface area contributed by atoms with Gasteiger partial charge in [0.25, 0.3) is 17.5 Å². The van der Waals surface area contributed by atoms with Gasteiger partial charge < -0.3 is 14.8 Å². The minimum Gasteiger partial charge on any atom is -0.490 e. The van der Waals surface area contributed by atoms with Crippen LogP contribution in [0.5, 0.6) is 11.5 Å². The number of nitro benzene ring substituents is 1. The fourth-order valence-electron chi connectivity index (χ4n) is 3.75. The van der Waals surface area contributed by atoms with Gasteiger partial charge in [-0.15, -0.1) is 0 Å². The van der Waals surface area contributed by atoms with E-state index in [-0.39, 0.29) is 28.3 Å². The number of benzene rings is 4. The summed E-state index contributed by atoms with van der Waals surface area (Å²) in [6, 6.07) is 23.3. The SMILES string of the molecule is CCOc1cc(/C=N\NC(=O)c2ccccc2NC(=O)c2ccc([N+](=O)[O-])cc2)ccc1OC(=O)c1ccc(C)cc1. The maximum absolute atomic E-state index is 12.9. The standard InChI is InChI=1S/C31H26N4O7/c1-3-41-28-18-21(10-17-27(28)42-31(38)23-11-8-20(2)9-12-23)19-32-34-30(37)25-6-4-5-7-26(25)33-29(36)22-13-15-24(16-14-22)35(39)40/h4-19H,3H2,1-2H3,(H,33,36)(H,34,37)/b32-19-. The lowest BCUT2D eigenvalue weighted by molar-refractivity contribution is -0.384. The maximum atomic E-state index is 12.9. The molecule has 0 aliphatic rings. The second kappa shape index (κ2) is 13.5. The average Bonchev–Trinajstić information content (AvgIpc) is 2.99. The number of hydrogen-bond donors (Lipinski definition) is 2. The first kappa shape index (κ1) is 29.2. The fourth-order valence-corrected chi connectivity index (χ4v) is 3.75. The van der Waals surface area contributed by atoms with E-state index < -0.39 is 22.7 Å². The molecule has 11 heteroatoms. The van der Waals surface area contributed by atoms with Gasteiger partial charge in [-0.1, -0.05) is 29.8 Å². The largest absolute Gasteiger partial charge is 0.490 e. The van der Waals surface area contributed by atoms with Crippen LogP contribution >= 0.6 is 0 Å². The molecule has 0 fully saturated rings. The summed E-state index contributed by atoms with van der Waals surface area (Å²) < 4.78 is 11.2. The Morgan fingerprint density at radius 1 is 0.881 bits per heavy atom. The van der Waals surface area contributed by atoms with Crippen molar-refractivity contribution in [2.24, 2.45) is 5.10 Å². The summed E-state index contributed by atoms with van der Waals surface area (Å²) in [6.45, 7) is 4.05. The Hall–Kier alpha value is -5.84. The highest BCUT2D eigenvalue weighted by Gasteiger charge is 2.16. The van der Waals surface area contributed by atoms with Crippen molar-refractivity contribution in [3.63, 3.8) is 0 Å². The molecule has 0 radical (unpaired) electrons. The summed E-state index contributed by atoms with van der Waals surface area (Å²) >= 11 is 0. The van der Waals surface area contributed by atoms with E-state index in [0.717, 1.165) is 5.56 Å². The third kappa shape index (κ3) is 7.42. The minimum atomic E-state index is -0.584. The minimum absolute atomic E-state index is 0.143. The Balaban J connectivity index is 1.43. The van der Waals surface area contributed by atoms with Crippen molar-refractivity contribution in [2.75, 3.05) is 11.9 Å². The molecule has 0 aliphatic heterocycles. The van der Waals surface area contributed by atoms with E-state index in [2.05, 4.69) is 15.8 Å². The molecular formula is C31H26N4O7. The number of carbonyl (C=O) groups is 3. The van der Waals surface area contributed by atoms with Crippen LogP contribution < -0.4 is 20.2 Å². The number of nitrogens with zero attached hydrogens (tertiary/aromatic N) is 2. The van der Waals surface area contributed by atoms with Gasteiger partial charge in [-0.3, -0.25) is 19.7 Å². The molecule has 0 saturated carbocycles. The van der Waals surface area contributed by atoms with E-state index in [1.807, 2.05) is 19.1 Å². The third-order valence-electron chi connectivity index (χ3n) is 5.90. The van der Waals surface area contributed by atoms with Gasteiger partial charge in [0.1, 0.15) is 0 Å². The van der Waals surface area contributed by atoms with Gasteiger partial charge in [0.15, 0.2) is 11.5 Å². The van der Waals surface area contributed by atoms with Crippen LogP contribution in [0.1, 0.15) is 49.1 Å². The van der Waals surface area contributed by atoms with Crippen molar-refractivity contribution >= 4 is 35.4 Å². The van der Waals surface area contributed by atoms with Crippen molar-refractivity contribution in [2.45, 2.75) is 13.8 Å². The lowest BCUT2D eigenvalue weighted by Crippen LogP contribution is -2.21.